The topological polar surface area (TPSA) is 77.1 Å². The smallest absolute Gasteiger partial charge is 0.265 e. The Morgan fingerprint density at radius 2 is 2.04 bits per heavy atom. The van der Waals surface area contributed by atoms with Gasteiger partial charge in [0.25, 0.3) is 11.5 Å². The summed E-state index contributed by atoms with van der Waals surface area (Å²) in [6.07, 6.45) is 3.49. The molecule has 1 aliphatic carbocycles. The molecule has 1 saturated carbocycles. The summed E-state index contributed by atoms with van der Waals surface area (Å²) in [5.41, 5.74) is 1.45. The average molecular weight is 337 g/mol. The van der Waals surface area contributed by atoms with Gasteiger partial charge in [-0.1, -0.05) is 30.3 Å². The van der Waals surface area contributed by atoms with Crippen molar-refractivity contribution in [3.8, 4) is 0 Å². The van der Waals surface area contributed by atoms with Gasteiger partial charge in [0.2, 0.25) is 5.71 Å². The Kier molecular flexibility index (Phi) is 3.49. The second-order valence-corrected chi connectivity index (χ2v) is 6.70. The maximum atomic E-state index is 12.8. The van der Waals surface area contributed by atoms with Crippen molar-refractivity contribution < 1.29 is 9.21 Å². The van der Waals surface area contributed by atoms with Gasteiger partial charge in [0, 0.05) is 19.0 Å². The van der Waals surface area contributed by atoms with E-state index in [9.17, 15) is 9.59 Å². The van der Waals surface area contributed by atoms with Crippen molar-refractivity contribution in [2.75, 3.05) is 6.54 Å². The molecule has 1 aliphatic rings. The van der Waals surface area contributed by atoms with Crippen LogP contribution in [0.4, 0.5) is 0 Å². The molecular formula is C19H19N3O3. The van der Waals surface area contributed by atoms with E-state index in [4.69, 9.17) is 4.42 Å². The van der Waals surface area contributed by atoms with Gasteiger partial charge in [-0.15, -0.1) is 0 Å². The number of nitrogens with one attached hydrogen (secondary N) is 1. The molecule has 1 amide bonds. The summed E-state index contributed by atoms with van der Waals surface area (Å²) in [5.74, 6) is 0.122. The van der Waals surface area contributed by atoms with E-state index in [-0.39, 0.29) is 33.5 Å². The molecule has 0 saturated heterocycles. The van der Waals surface area contributed by atoms with Gasteiger partial charge >= 0.3 is 0 Å². The molecular weight excluding hydrogens is 318 g/mol. The lowest BCUT2D eigenvalue weighted by molar-refractivity contribution is 0.0949. The number of aromatic nitrogens is 2. The summed E-state index contributed by atoms with van der Waals surface area (Å²) < 4.78 is 6.85. The van der Waals surface area contributed by atoms with Crippen molar-refractivity contribution >= 4 is 17.0 Å². The van der Waals surface area contributed by atoms with Gasteiger partial charge in [0.1, 0.15) is 17.5 Å². The minimum Gasteiger partial charge on any atom is -0.442 e. The highest BCUT2D eigenvalue weighted by Crippen LogP contribution is 2.47. The lowest BCUT2D eigenvalue weighted by Crippen LogP contribution is -2.33. The van der Waals surface area contributed by atoms with Crippen molar-refractivity contribution in [3.05, 3.63) is 63.9 Å². The van der Waals surface area contributed by atoms with E-state index >= 15 is 0 Å². The number of rotatable bonds is 4. The number of nitrogens with zero attached hydrogens (tertiary/aromatic N) is 2. The quantitative estimate of drug-likeness (QED) is 0.792. The van der Waals surface area contributed by atoms with Crippen LogP contribution in [0.3, 0.4) is 0 Å². The normalized spacial score (nSPS) is 15.3. The van der Waals surface area contributed by atoms with Crippen LogP contribution in [0.25, 0.3) is 11.1 Å². The van der Waals surface area contributed by atoms with Crippen LogP contribution >= 0.6 is 0 Å². The first-order valence-corrected chi connectivity index (χ1v) is 8.30. The van der Waals surface area contributed by atoms with Gasteiger partial charge in [-0.3, -0.25) is 9.59 Å². The highest BCUT2D eigenvalue weighted by atomic mass is 16.3. The van der Waals surface area contributed by atoms with E-state index in [0.29, 0.717) is 12.3 Å². The minimum atomic E-state index is -0.288. The number of hydrogen-bond acceptors (Lipinski definition) is 4. The molecule has 1 N–H and O–H groups in total. The summed E-state index contributed by atoms with van der Waals surface area (Å²) in [6.45, 7) is 2.22. The predicted octanol–water partition coefficient (Wildman–Crippen LogP) is 2.30. The summed E-state index contributed by atoms with van der Waals surface area (Å²) in [4.78, 5) is 29.2. The first-order chi connectivity index (χ1) is 12.0. The number of amides is 1. The Bertz CT molecular complexity index is 1010. The SMILES string of the molecule is Cc1oc2ncn(C)c(=O)c2c1C(=O)NCC1(c2ccccc2)CC1. The zero-order valence-corrected chi connectivity index (χ0v) is 14.2. The molecule has 1 aromatic carbocycles. The third-order valence-electron chi connectivity index (χ3n) is 5.00. The van der Waals surface area contributed by atoms with Gasteiger partial charge in [-0.25, -0.2) is 4.98 Å². The molecule has 6 heteroatoms. The molecule has 0 radical (unpaired) electrons. The van der Waals surface area contributed by atoms with Crippen LogP contribution in [-0.4, -0.2) is 22.0 Å². The number of carbonyl (C=O) groups is 1. The van der Waals surface area contributed by atoms with E-state index in [2.05, 4.69) is 22.4 Å². The molecule has 2 aromatic heterocycles. The zero-order valence-electron chi connectivity index (χ0n) is 14.2. The number of furan rings is 1. The largest absolute Gasteiger partial charge is 0.442 e. The maximum absolute atomic E-state index is 12.8. The zero-order chi connectivity index (χ0) is 17.6. The fraction of sp³-hybridized carbons (Fsp3) is 0.316. The van der Waals surface area contributed by atoms with E-state index in [1.807, 2.05) is 18.2 Å². The maximum Gasteiger partial charge on any atom is 0.265 e. The van der Waals surface area contributed by atoms with E-state index in [0.717, 1.165) is 12.8 Å². The third kappa shape index (κ3) is 2.54. The van der Waals surface area contributed by atoms with Gasteiger partial charge < -0.3 is 14.3 Å². The van der Waals surface area contributed by atoms with Crippen molar-refractivity contribution in [2.45, 2.75) is 25.2 Å². The Hall–Kier alpha value is -2.89. The number of aryl methyl sites for hydroxylation is 2. The third-order valence-corrected chi connectivity index (χ3v) is 5.00. The van der Waals surface area contributed by atoms with Crippen LogP contribution in [-0.2, 0) is 12.5 Å². The monoisotopic (exact) mass is 337 g/mol. The van der Waals surface area contributed by atoms with Crippen LogP contribution < -0.4 is 10.9 Å². The minimum absolute atomic E-state index is 0.00752. The fourth-order valence-corrected chi connectivity index (χ4v) is 3.31. The molecule has 2 heterocycles. The van der Waals surface area contributed by atoms with Crippen LogP contribution in [0.5, 0.6) is 0 Å². The first kappa shape index (κ1) is 15.6. The lowest BCUT2D eigenvalue weighted by atomic mass is 9.96. The van der Waals surface area contributed by atoms with Gasteiger partial charge in [-0.2, -0.15) is 0 Å². The molecule has 128 valence electrons. The van der Waals surface area contributed by atoms with Crippen molar-refractivity contribution in [1.82, 2.24) is 14.9 Å². The van der Waals surface area contributed by atoms with Crippen LogP contribution in [0.1, 0.15) is 34.5 Å². The molecule has 0 atom stereocenters. The second kappa shape index (κ2) is 5.58. The average Bonchev–Trinajstić information content (AvgIpc) is 3.34. The summed E-state index contributed by atoms with van der Waals surface area (Å²) >= 11 is 0. The second-order valence-electron chi connectivity index (χ2n) is 6.70. The molecule has 0 bridgehead atoms. The summed E-state index contributed by atoms with van der Waals surface area (Å²) in [6, 6.07) is 10.2. The van der Waals surface area contributed by atoms with Crippen LogP contribution in [0.2, 0.25) is 0 Å². The summed E-state index contributed by atoms with van der Waals surface area (Å²) in [7, 11) is 1.60. The molecule has 25 heavy (non-hydrogen) atoms. The Morgan fingerprint density at radius 3 is 2.72 bits per heavy atom. The van der Waals surface area contributed by atoms with Gasteiger partial charge in [0.05, 0.1) is 5.56 Å². The van der Waals surface area contributed by atoms with Gasteiger partial charge in [0.15, 0.2) is 0 Å². The Balaban J connectivity index is 1.63. The molecule has 0 aliphatic heterocycles. The summed E-state index contributed by atoms with van der Waals surface area (Å²) in [5, 5.41) is 3.23. The standard InChI is InChI=1S/C19H19N3O3/c1-12-14(15-17(25-12)21-11-22(2)18(15)24)16(23)20-10-19(8-9-19)13-6-4-3-5-7-13/h3-7,11H,8-10H2,1-2H3,(H,20,23). The van der Waals surface area contributed by atoms with E-state index in [1.54, 1.807) is 14.0 Å². The first-order valence-electron chi connectivity index (χ1n) is 8.30. The number of carbonyl (C=O) groups excluding carboxylic acids is 1. The fourth-order valence-electron chi connectivity index (χ4n) is 3.31. The van der Waals surface area contributed by atoms with E-state index < -0.39 is 0 Å². The number of hydrogen-bond donors (Lipinski definition) is 1. The number of benzene rings is 1. The van der Waals surface area contributed by atoms with Crippen LogP contribution in [0.15, 0.2) is 45.9 Å². The van der Waals surface area contributed by atoms with Crippen molar-refractivity contribution in [2.24, 2.45) is 7.05 Å². The highest BCUT2D eigenvalue weighted by molar-refractivity contribution is 6.06. The van der Waals surface area contributed by atoms with E-state index in [1.165, 1.54) is 16.5 Å². The lowest BCUT2D eigenvalue weighted by Gasteiger charge is -2.16. The van der Waals surface area contributed by atoms with Crippen LogP contribution in [0, 0.1) is 6.92 Å². The Morgan fingerprint density at radius 1 is 1.32 bits per heavy atom. The highest BCUT2D eigenvalue weighted by Gasteiger charge is 2.44. The van der Waals surface area contributed by atoms with Crippen molar-refractivity contribution in [1.29, 1.82) is 0 Å². The molecule has 6 nitrogen and oxygen atoms in total. The molecule has 1 fully saturated rings. The molecule has 0 spiro atoms. The number of fused-ring (bicyclic) bond motifs is 1. The van der Waals surface area contributed by atoms with Gasteiger partial charge in [-0.05, 0) is 25.3 Å². The Labute approximate surface area is 144 Å². The van der Waals surface area contributed by atoms with Crippen molar-refractivity contribution in [3.63, 3.8) is 0 Å². The molecule has 3 aromatic rings. The molecule has 0 unspecified atom stereocenters. The molecule has 4 rings (SSSR count). The predicted molar refractivity (Wildman–Crippen MR) is 93.7 cm³/mol.